The van der Waals surface area contributed by atoms with Gasteiger partial charge in [-0.15, -0.1) is 0 Å². The largest absolute Gasteiger partial charge is 0.373 e. The number of nitrogens with two attached hydrogens (primary N) is 1. The van der Waals surface area contributed by atoms with E-state index in [9.17, 15) is 4.79 Å². The number of benzene rings is 1. The van der Waals surface area contributed by atoms with E-state index in [0.29, 0.717) is 12.5 Å². The van der Waals surface area contributed by atoms with E-state index in [0.717, 1.165) is 19.4 Å². The van der Waals surface area contributed by atoms with Crippen LogP contribution in [0.5, 0.6) is 0 Å². The fourth-order valence-electron chi connectivity index (χ4n) is 2.81. The summed E-state index contributed by atoms with van der Waals surface area (Å²) < 4.78 is 5.98. The Kier molecular flexibility index (Phi) is 5.98. The number of rotatable bonds is 5. The van der Waals surface area contributed by atoms with Crippen molar-refractivity contribution in [3.63, 3.8) is 0 Å². The van der Waals surface area contributed by atoms with Crippen LogP contribution in [0.2, 0.25) is 0 Å². The molecule has 1 amide bonds. The molecule has 1 aromatic rings. The van der Waals surface area contributed by atoms with Crippen LogP contribution in [0, 0.1) is 18.8 Å². The van der Waals surface area contributed by atoms with Crippen LogP contribution in [0.15, 0.2) is 24.3 Å². The summed E-state index contributed by atoms with van der Waals surface area (Å²) in [5, 5.41) is 3.05. The van der Waals surface area contributed by atoms with Gasteiger partial charge in [-0.2, -0.15) is 0 Å². The highest BCUT2D eigenvalue weighted by Gasteiger charge is 2.28. The van der Waals surface area contributed by atoms with Gasteiger partial charge in [-0.1, -0.05) is 36.8 Å². The molecule has 4 nitrogen and oxygen atoms in total. The molecule has 0 saturated carbocycles. The molecule has 1 heterocycles. The van der Waals surface area contributed by atoms with Crippen molar-refractivity contribution >= 4 is 5.91 Å². The van der Waals surface area contributed by atoms with Crippen LogP contribution < -0.4 is 11.1 Å². The minimum Gasteiger partial charge on any atom is -0.373 e. The second kappa shape index (κ2) is 7.75. The van der Waals surface area contributed by atoms with Crippen LogP contribution in [0.4, 0.5) is 0 Å². The maximum atomic E-state index is 12.1. The molecule has 4 heteroatoms. The third kappa shape index (κ3) is 4.31. The molecule has 0 aromatic heterocycles. The number of amides is 1. The topological polar surface area (TPSA) is 64.3 Å². The Balaban J connectivity index is 1.98. The zero-order valence-electron chi connectivity index (χ0n) is 13.8. The van der Waals surface area contributed by atoms with E-state index in [4.69, 9.17) is 10.5 Å². The van der Waals surface area contributed by atoms with Gasteiger partial charge in [-0.05, 0) is 32.3 Å². The van der Waals surface area contributed by atoms with Crippen LogP contribution in [-0.4, -0.2) is 25.1 Å². The van der Waals surface area contributed by atoms with E-state index < -0.39 is 0 Å². The Bertz CT molecular complexity index is 484. The summed E-state index contributed by atoms with van der Waals surface area (Å²) in [5.74, 6) is 0.186. The summed E-state index contributed by atoms with van der Waals surface area (Å²) in [6, 6.07) is 8.35. The Morgan fingerprint density at radius 2 is 2.05 bits per heavy atom. The summed E-state index contributed by atoms with van der Waals surface area (Å²) in [4.78, 5) is 12.1. The van der Waals surface area contributed by atoms with E-state index in [-0.39, 0.29) is 24.0 Å². The molecule has 1 aliphatic rings. The molecule has 1 fully saturated rings. The molecule has 1 aromatic carbocycles. The molecule has 3 N–H and O–H groups in total. The Morgan fingerprint density at radius 3 is 2.68 bits per heavy atom. The van der Waals surface area contributed by atoms with Gasteiger partial charge in [0.25, 0.3) is 0 Å². The van der Waals surface area contributed by atoms with Gasteiger partial charge < -0.3 is 15.8 Å². The molecule has 1 aliphatic heterocycles. The highest BCUT2D eigenvalue weighted by molar-refractivity contribution is 5.78. The van der Waals surface area contributed by atoms with Crippen molar-refractivity contribution in [3.8, 4) is 0 Å². The SMILES string of the molecule is Cc1ccc(C2OCCCC2CNC(=O)C(C)C(C)N)cc1. The molecular formula is C18H28N2O2. The number of ether oxygens (including phenoxy) is 1. The average molecular weight is 304 g/mol. The number of carbonyl (C=O) groups is 1. The van der Waals surface area contributed by atoms with Gasteiger partial charge in [0.2, 0.25) is 5.91 Å². The normalized spacial score (nSPS) is 24.5. The van der Waals surface area contributed by atoms with E-state index in [1.807, 2.05) is 13.8 Å². The maximum absolute atomic E-state index is 12.1. The zero-order valence-corrected chi connectivity index (χ0v) is 13.8. The zero-order chi connectivity index (χ0) is 16.1. The summed E-state index contributed by atoms with van der Waals surface area (Å²) in [5.41, 5.74) is 8.24. The number of carbonyl (C=O) groups excluding carboxylic acids is 1. The van der Waals surface area contributed by atoms with Crippen molar-refractivity contribution in [2.75, 3.05) is 13.2 Å². The lowest BCUT2D eigenvalue weighted by atomic mass is 9.89. The van der Waals surface area contributed by atoms with E-state index in [1.54, 1.807) is 0 Å². The third-order valence-corrected chi connectivity index (χ3v) is 4.59. The van der Waals surface area contributed by atoms with Crippen LogP contribution in [-0.2, 0) is 9.53 Å². The molecular weight excluding hydrogens is 276 g/mol. The lowest BCUT2D eigenvalue weighted by Crippen LogP contribution is -2.42. The van der Waals surface area contributed by atoms with Crippen molar-refractivity contribution in [1.82, 2.24) is 5.32 Å². The fourth-order valence-corrected chi connectivity index (χ4v) is 2.81. The molecule has 0 radical (unpaired) electrons. The number of hydrogen-bond donors (Lipinski definition) is 2. The summed E-state index contributed by atoms with van der Waals surface area (Å²) in [7, 11) is 0. The Hall–Kier alpha value is -1.39. The second-order valence-corrected chi connectivity index (χ2v) is 6.50. The van der Waals surface area contributed by atoms with Gasteiger partial charge >= 0.3 is 0 Å². The van der Waals surface area contributed by atoms with E-state index >= 15 is 0 Å². The van der Waals surface area contributed by atoms with Crippen LogP contribution in [0.3, 0.4) is 0 Å². The maximum Gasteiger partial charge on any atom is 0.224 e. The standard InChI is InChI=1S/C18H28N2O2/c1-12-6-8-15(9-7-12)17-16(5-4-10-22-17)11-20-18(21)13(2)14(3)19/h6-9,13-14,16-17H,4-5,10-11,19H2,1-3H3,(H,20,21). The molecule has 4 unspecified atom stereocenters. The molecule has 0 aliphatic carbocycles. The van der Waals surface area contributed by atoms with Crippen LogP contribution >= 0.6 is 0 Å². The highest BCUT2D eigenvalue weighted by Crippen LogP contribution is 2.33. The van der Waals surface area contributed by atoms with Crippen molar-refractivity contribution in [3.05, 3.63) is 35.4 Å². The van der Waals surface area contributed by atoms with Crippen molar-refractivity contribution in [2.45, 2.75) is 45.8 Å². The first-order valence-electron chi connectivity index (χ1n) is 8.20. The van der Waals surface area contributed by atoms with E-state index in [2.05, 4.69) is 36.5 Å². The first kappa shape index (κ1) is 17.0. The quantitative estimate of drug-likeness (QED) is 0.878. The van der Waals surface area contributed by atoms with Crippen molar-refractivity contribution in [1.29, 1.82) is 0 Å². The lowest BCUT2D eigenvalue weighted by molar-refractivity contribution is -0.125. The van der Waals surface area contributed by atoms with Gasteiger partial charge in [0.15, 0.2) is 0 Å². The van der Waals surface area contributed by atoms with Gasteiger partial charge in [-0.25, -0.2) is 0 Å². The van der Waals surface area contributed by atoms with Gasteiger partial charge in [0.05, 0.1) is 6.10 Å². The average Bonchev–Trinajstić information content (AvgIpc) is 2.53. The van der Waals surface area contributed by atoms with Crippen molar-refractivity contribution < 1.29 is 9.53 Å². The fraction of sp³-hybridized carbons (Fsp3) is 0.611. The smallest absolute Gasteiger partial charge is 0.224 e. The first-order valence-corrected chi connectivity index (χ1v) is 8.20. The first-order chi connectivity index (χ1) is 10.5. The molecule has 122 valence electrons. The van der Waals surface area contributed by atoms with Crippen molar-refractivity contribution in [2.24, 2.45) is 17.6 Å². The minimum atomic E-state index is -0.165. The van der Waals surface area contributed by atoms with Gasteiger partial charge in [0, 0.05) is 31.0 Å². The molecule has 0 bridgehead atoms. The minimum absolute atomic E-state index is 0.0308. The number of hydrogen-bond acceptors (Lipinski definition) is 3. The molecule has 22 heavy (non-hydrogen) atoms. The van der Waals surface area contributed by atoms with Crippen LogP contribution in [0.1, 0.15) is 43.9 Å². The molecule has 2 rings (SSSR count). The summed E-state index contributed by atoms with van der Waals surface area (Å²) in [6.45, 7) is 7.25. The second-order valence-electron chi connectivity index (χ2n) is 6.50. The van der Waals surface area contributed by atoms with Crippen LogP contribution in [0.25, 0.3) is 0 Å². The number of aryl methyl sites for hydroxylation is 1. The van der Waals surface area contributed by atoms with E-state index in [1.165, 1.54) is 11.1 Å². The van der Waals surface area contributed by atoms with Gasteiger partial charge in [0.1, 0.15) is 0 Å². The highest BCUT2D eigenvalue weighted by atomic mass is 16.5. The Morgan fingerprint density at radius 1 is 1.36 bits per heavy atom. The molecule has 4 atom stereocenters. The summed E-state index contributed by atoms with van der Waals surface area (Å²) in [6.07, 6.45) is 2.19. The molecule has 0 spiro atoms. The molecule has 1 saturated heterocycles. The predicted octanol–water partition coefficient (Wildman–Crippen LogP) is 2.56. The predicted molar refractivity (Wildman–Crippen MR) is 88.4 cm³/mol. The lowest BCUT2D eigenvalue weighted by Gasteiger charge is -2.32. The monoisotopic (exact) mass is 304 g/mol. The third-order valence-electron chi connectivity index (χ3n) is 4.59. The summed E-state index contributed by atoms with van der Waals surface area (Å²) >= 11 is 0. The Labute approximate surface area is 133 Å². The van der Waals surface area contributed by atoms with Gasteiger partial charge in [-0.3, -0.25) is 4.79 Å². The number of nitrogens with one attached hydrogen (secondary N) is 1.